The van der Waals surface area contributed by atoms with Crippen LogP contribution in [0.25, 0.3) is 11.1 Å². The largest absolute Gasteiger partial charge is 0.441 e. The van der Waals surface area contributed by atoms with Crippen molar-refractivity contribution in [3.63, 3.8) is 0 Å². The third-order valence-electron chi connectivity index (χ3n) is 3.65. The first kappa shape index (κ1) is 15.5. The van der Waals surface area contributed by atoms with Crippen LogP contribution in [0.3, 0.4) is 0 Å². The number of hydrogen-bond donors (Lipinski definition) is 3. The van der Waals surface area contributed by atoms with Crippen LogP contribution in [0.2, 0.25) is 0 Å². The number of benzene rings is 2. The van der Waals surface area contributed by atoms with E-state index in [-0.39, 0.29) is 6.61 Å². The van der Waals surface area contributed by atoms with Crippen molar-refractivity contribution in [2.45, 2.75) is 18.9 Å². The first-order valence-electron chi connectivity index (χ1n) is 7.71. The van der Waals surface area contributed by atoms with Crippen molar-refractivity contribution < 1.29 is 14.6 Å². The Bertz CT molecular complexity index is 755. The normalized spacial score (nSPS) is 12.4. The SMILES string of the molecule is OCC(O)CNc1ccc2oc(CCc3ccccc3)nc2c1. The number of aryl methyl sites for hydroxylation is 2. The van der Waals surface area contributed by atoms with Crippen molar-refractivity contribution in [3.8, 4) is 0 Å². The molecule has 23 heavy (non-hydrogen) atoms. The molecule has 2 aromatic carbocycles. The maximum absolute atomic E-state index is 9.37. The van der Waals surface area contributed by atoms with Crippen LogP contribution in [0.1, 0.15) is 11.5 Å². The van der Waals surface area contributed by atoms with Crippen LogP contribution in [-0.2, 0) is 12.8 Å². The predicted molar refractivity (Wildman–Crippen MR) is 89.4 cm³/mol. The molecule has 3 N–H and O–H groups in total. The molecule has 3 aromatic rings. The molecule has 0 spiro atoms. The van der Waals surface area contributed by atoms with Gasteiger partial charge in [0.2, 0.25) is 0 Å². The van der Waals surface area contributed by atoms with Crippen LogP contribution in [0.5, 0.6) is 0 Å². The van der Waals surface area contributed by atoms with Crippen LogP contribution >= 0.6 is 0 Å². The third-order valence-corrected chi connectivity index (χ3v) is 3.65. The Morgan fingerprint density at radius 1 is 1.09 bits per heavy atom. The second-order valence-corrected chi connectivity index (χ2v) is 5.49. The van der Waals surface area contributed by atoms with Gasteiger partial charge in [-0.2, -0.15) is 0 Å². The Morgan fingerprint density at radius 3 is 2.70 bits per heavy atom. The summed E-state index contributed by atoms with van der Waals surface area (Å²) in [7, 11) is 0. The number of anilines is 1. The maximum atomic E-state index is 9.37. The van der Waals surface area contributed by atoms with Gasteiger partial charge >= 0.3 is 0 Å². The fraction of sp³-hybridized carbons (Fsp3) is 0.278. The number of aliphatic hydroxyl groups is 2. The van der Waals surface area contributed by atoms with Crippen LogP contribution < -0.4 is 5.32 Å². The molecule has 0 radical (unpaired) electrons. The molecule has 3 rings (SSSR count). The lowest BCUT2D eigenvalue weighted by atomic mass is 10.1. The summed E-state index contributed by atoms with van der Waals surface area (Å²) in [4.78, 5) is 4.52. The zero-order valence-electron chi connectivity index (χ0n) is 12.8. The van der Waals surface area contributed by atoms with Gasteiger partial charge in [0, 0.05) is 18.7 Å². The lowest BCUT2D eigenvalue weighted by Gasteiger charge is -2.09. The summed E-state index contributed by atoms with van der Waals surface area (Å²) in [5.74, 6) is 0.719. The summed E-state index contributed by atoms with van der Waals surface area (Å²) in [6, 6.07) is 15.9. The number of fused-ring (bicyclic) bond motifs is 1. The summed E-state index contributed by atoms with van der Waals surface area (Å²) in [5, 5.41) is 21.3. The Hall–Kier alpha value is -2.37. The van der Waals surface area contributed by atoms with Crippen molar-refractivity contribution in [2.24, 2.45) is 0 Å². The number of aromatic nitrogens is 1. The molecule has 5 heteroatoms. The van der Waals surface area contributed by atoms with Gasteiger partial charge in [-0.25, -0.2) is 4.98 Å². The Labute approximate surface area is 134 Å². The highest BCUT2D eigenvalue weighted by Gasteiger charge is 2.08. The molecule has 5 nitrogen and oxygen atoms in total. The van der Waals surface area contributed by atoms with Crippen LogP contribution in [0.15, 0.2) is 52.9 Å². The average molecular weight is 312 g/mol. The Kier molecular flexibility index (Phi) is 4.90. The van der Waals surface area contributed by atoms with Gasteiger partial charge in [-0.1, -0.05) is 30.3 Å². The zero-order chi connectivity index (χ0) is 16.1. The number of rotatable bonds is 7. The predicted octanol–water partition coefficient (Wildman–Crippen LogP) is 2.38. The highest BCUT2D eigenvalue weighted by molar-refractivity contribution is 5.77. The van der Waals surface area contributed by atoms with Gasteiger partial charge in [0.1, 0.15) is 5.52 Å². The van der Waals surface area contributed by atoms with Gasteiger partial charge < -0.3 is 19.9 Å². The molecule has 0 aliphatic heterocycles. The topological polar surface area (TPSA) is 78.5 Å². The van der Waals surface area contributed by atoms with Crippen molar-refractivity contribution in [2.75, 3.05) is 18.5 Å². The number of oxazole rings is 1. The molecule has 0 saturated heterocycles. The minimum atomic E-state index is -0.774. The molecule has 0 aliphatic carbocycles. The maximum Gasteiger partial charge on any atom is 0.195 e. The van der Waals surface area contributed by atoms with Crippen molar-refractivity contribution in [1.82, 2.24) is 4.98 Å². The van der Waals surface area contributed by atoms with E-state index in [4.69, 9.17) is 9.52 Å². The van der Waals surface area contributed by atoms with Crippen LogP contribution in [0, 0.1) is 0 Å². The summed E-state index contributed by atoms with van der Waals surface area (Å²) in [6.45, 7) is 0.0313. The number of hydrogen-bond acceptors (Lipinski definition) is 5. The van der Waals surface area contributed by atoms with E-state index < -0.39 is 6.10 Å². The molecule has 0 aliphatic rings. The molecule has 0 bridgehead atoms. The number of nitrogens with one attached hydrogen (secondary N) is 1. The first-order valence-corrected chi connectivity index (χ1v) is 7.71. The minimum absolute atomic E-state index is 0.261. The average Bonchev–Trinajstić information content (AvgIpc) is 3.01. The fourth-order valence-electron chi connectivity index (χ4n) is 2.39. The molecule has 1 heterocycles. The van der Waals surface area contributed by atoms with E-state index in [0.29, 0.717) is 6.54 Å². The molecule has 0 amide bonds. The summed E-state index contributed by atoms with van der Waals surface area (Å²) in [5.41, 5.74) is 3.64. The van der Waals surface area contributed by atoms with E-state index in [1.807, 2.05) is 36.4 Å². The summed E-state index contributed by atoms with van der Waals surface area (Å²) in [6.07, 6.45) is 0.871. The van der Waals surface area contributed by atoms with Gasteiger partial charge in [0.15, 0.2) is 11.5 Å². The Morgan fingerprint density at radius 2 is 1.91 bits per heavy atom. The molecule has 1 atom stereocenters. The zero-order valence-corrected chi connectivity index (χ0v) is 12.8. The quantitative estimate of drug-likeness (QED) is 0.624. The highest BCUT2D eigenvalue weighted by atomic mass is 16.3. The minimum Gasteiger partial charge on any atom is -0.441 e. The van der Waals surface area contributed by atoms with Gasteiger partial charge in [0.25, 0.3) is 0 Å². The van der Waals surface area contributed by atoms with Crippen molar-refractivity contribution in [3.05, 3.63) is 60.0 Å². The Balaban J connectivity index is 1.66. The van der Waals surface area contributed by atoms with Crippen molar-refractivity contribution in [1.29, 1.82) is 0 Å². The number of nitrogens with zero attached hydrogens (tertiary/aromatic N) is 1. The monoisotopic (exact) mass is 312 g/mol. The van der Waals surface area contributed by atoms with E-state index in [1.54, 1.807) is 0 Å². The molecular weight excluding hydrogens is 292 g/mol. The highest BCUT2D eigenvalue weighted by Crippen LogP contribution is 2.21. The smallest absolute Gasteiger partial charge is 0.195 e. The van der Waals surface area contributed by atoms with E-state index in [0.717, 1.165) is 35.5 Å². The van der Waals surface area contributed by atoms with Gasteiger partial charge in [-0.15, -0.1) is 0 Å². The molecule has 1 aromatic heterocycles. The third kappa shape index (κ3) is 4.09. The molecule has 0 fully saturated rings. The van der Waals surface area contributed by atoms with Crippen LogP contribution in [0.4, 0.5) is 5.69 Å². The second-order valence-electron chi connectivity index (χ2n) is 5.49. The molecule has 0 saturated carbocycles. The van der Waals surface area contributed by atoms with E-state index in [9.17, 15) is 5.11 Å². The molecule has 1 unspecified atom stereocenters. The standard InChI is InChI=1S/C18H20N2O3/c21-12-15(22)11-19-14-7-8-17-16(10-14)20-18(23-17)9-6-13-4-2-1-3-5-13/h1-5,7-8,10,15,19,21-22H,6,9,11-12H2. The van der Waals surface area contributed by atoms with Gasteiger partial charge in [-0.05, 0) is 30.2 Å². The lowest BCUT2D eigenvalue weighted by molar-refractivity contribution is 0.105. The molecule has 120 valence electrons. The van der Waals surface area contributed by atoms with Crippen molar-refractivity contribution >= 4 is 16.8 Å². The van der Waals surface area contributed by atoms with E-state index in [1.165, 1.54) is 5.56 Å². The fourth-order valence-corrected chi connectivity index (χ4v) is 2.39. The van der Waals surface area contributed by atoms with Gasteiger partial charge in [-0.3, -0.25) is 0 Å². The summed E-state index contributed by atoms with van der Waals surface area (Å²) < 4.78 is 5.76. The second kappa shape index (κ2) is 7.26. The van der Waals surface area contributed by atoms with Crippen LogP contribution in [-0.4, -0.2) is 34.5 Å². The lowest BCUT2D eigenvalue weighted by Crippen LogP contribution is -2.22. The molecular formula is C18H20N2O3. The summed E-state index contributed by atoms with van der Waals surface area (Å²) >= 11 is 0. The van der Waals surface area contributed by atoms with E-state index >= 15 is 0 Å². The van der Waals surface area contributed by atoms with E-state index in [2.05, 4.69) is 22.4 Å². The first-order chi connectivity index (χ1) is 11.2. The number of aliphatic hydroxyl groups excluding tert-OH is 2. The van der Waals surface area contributed by atoms with Gasteiger partial charge in [0.05, 0.1) is 12.7 Å².